The monoisotopic (exact) mass is 1870 g/mol. The first kappa shape index (κ1) is 91.1. The lowest BCUT2D eigenvalue weighted by atomic mass is 9.95. The number of rotatable bonds is 25. The number of fused-ring (bicyclic) bond motifs is 3. The number of halogens is 2. The van der Waals surface area contributed by atoms with Gasteiger partial charge in [-0.15, -0.1) is 20.4 Å². The lowest BCUT2D eigenvalue weighted by Crippen LogP contribution is -2.29. The maximum Gasteiger partial charge on any atom is 0.266 e. The third-order valence-corrected chi connectivity index (χ3v) is 25.9. The van der Waals surface area contributed by atoms with Gasteiger partial charge in [-0.05, 0) is 257 Å². The number of methoxy groups -OCH3 is 1. The van der Waals surface area contributed by atoms with Crippen molar-refractivity contribution >= 4 is 84.4 Å². The average Bonchev–Trinajstić information content (AvgIpc) is 1.62. The summed E-state index contributed by atoms with van der Waals surface area (Å²) in [4.78, 5) is 66.6. The van der Waals surface area contributed by atoms with Gasteiger partial charge in [-0.25, -0.2) is 43.0 Å². The van der Waals surface area contributed by atoms with Gasteiger partial charge in [0.05, 0.1) is 30.6 Å². The van der Waals surface area contributed by atoms with Crippen LogP contribution in [0.1, 0.15) is 168 Å². The topological polar surface area (TPSA) is 383 Å². The average molecular weight is 1870 g/mol. The van der Waals surface area contributed by atoms with E-state index in [9.17, 15) is 28.1 Å². The number of nitrogens with zero attached hydrogens (tertiary/aromatic N) is 16. The molecular formula is C103H95Cl2N21O9S. The summed E-state index contributed by atoms with van der Waals surface area (Å²) in [5.74, 6) is 5.24. The Morgan fingerprint density at radius 3 is 1.11 bits per heavy atom. The minimum Gasteiger partial charge on any atom is -0.497 e. The summed E-state index contributed by atoms with van der Waals surface area (Å²) in [5.41, 5.74) is 19.3. The van der Waals surface area contributed by atoms with Crippen LogP contribution in [-0.4, -0.2) is 138 Å². The normalized spacial score (nSPS) is 13.7. The molecule has 9 aromatic carbocycles. The predicted octanol–water partition coefficient (Wildman–Crippen LogP) is 20.5. The molecule has 0 bridgehead atoms. The number of benzene rings is 9. The molecule has 3 aliphatic carbocycles. The zero-order valence-corrected chi connectivity index (χ0v) is 77.3. The first-order valence-corrected chi connectivity index (χ1v) is 47.7. The Balaban J connectivity index is 0.000000136. The molecule has 8 aromatic heterocycles. The lowest BCUT2D eigenvalue weighted by molar-refractivity contribution is 0.0955. The number of hydrogen-bond donors (Lipinski definition) is 5. The second-order valence-electron chi connectivity index (χ2n) is 33.7. The molecule has 136 heavy (non-hydrogen) atoms. The van der Waals surface area contributed by atoms with Crippen LogP contribution >= 0.6 is 23.2 Å². The van der Waals surface area contributed by atoms with Crippen LogP contribution in [0.4, 0.5) is 0 Å². The third kappa shape index (κ3) is 20.8. The number of tetrazole rings is 2. The maximum atomic E-state index is 12.5. The van der Waals surface area contributed by atoms with Gasteiger partial charge in [0.2, 0.25) is 21.7 Å². The van der Waals surface area contributed by atoms with Gasteiger partial charge in [-0.1, -0.05) is 136 Å². The number of ether oxygens (including phenoxy) is 4. The van der Waals surface area contributed by atoms with E-state index in [1.165, 1.54) is 51.1 Å². The first-order chi connectivity index (χ1) is 66.4. The highest BCUT2D eigenvalue weighted by Gasteiger charge is 2.30. The molecule has 3 fully saturated rings. The van der Waals surface area contributed by atoms with Crippen LogP contribution in [0, 0.1) is 11.3 Å². The number of nitriles is 1. The van der Waals surface area contributed by atoms with Gasteiger partial charge >= 0.3 is 0 Å². The molecule has 5 N–H and O–H groups in total. The molecule has 3 aliphatic rings. The van der Waals surface area contributed by atoms with E-state index in [2.05, 4.69) is 76.6 Å². The minimum absolute atomic E-state index is 0.132. The highest BCUT2D eigenvalue weighted by Crippen LogP contribution is 2.43. The molecule has 8 heterocycles. The number of pyridine rings is 3. The highest BCUT2D eigenvalue weighted by atomic mass is 35.5. The van der Waals surface area contributed by atoms with Crippen molar-refractivity contribution in [1.29, 1.82) is 5.26 Å². The Bertz CT molecular complexity index is 7320. The molecule has 17 aromatic rings. The number of imidazole rings is 3. The van der Waals surface area contributed by atoms with Crippen molar-refractivity contribution in [3.05, 3.63) is 286 Å². The Kier molecular flexibility index (Phi) is 27.7. The van der Waals surface area contributed by atoms with Gasteiger partial charge in [-0.3, -0.25) is 14.4 Å². The summed E-state index contributed by atoms with van der Waals surface area (Å²) < 4.78 is 56.2. The highest BCUT2D eigenvalue weighted by molar-refractivity contribution is 7.89. The van der Waals surface area contributed by atoms with E-state index < -0.39 is 15.9 Å². The van der Waals surface area contributed by atoms with Crippen molar-refractivity contribution in [2.45, 2.75) is 134 Å². The molecule has 0 unspecified atom stereocenters. The Morgan fingerprint density at radius 1 is 0.412 bits per heavy atom. The van der Waals surface area contributed by atoms with Gasteiger partial charge in [0.1, 0.15) is 76.8 Å². The third-order valence-electron chi connectivity index (χ3n) is 24.8. The number of hydrogen-bond acceptors (Lipinski definition) is 22. The van der Waals surface area contributed by atoms with Crippen LogP contribution < -0.4 is 34.3 Å². The molecule has 0 atom stereocenters. The van der Waals surface area contributed by atoms with E-state index in [0.717, 1.165) is 181 Å². The van der Waals surface area contributed by atoms with Crippen LogP contribution in [0.3, 0.4) is 0 Å². The molecule has 3 amide bonds. The van der Waals surface area contributed by atoms with E-state index in [1.54, 1.807) is 57.9 Å². The quantitative estimate of drug-likeness (QED) is 0.0355. The fourth-order valence-corrected chi connectivity index (χ4v) is 18.7. The summed E-state index contributed by atoms with van der Waals surface area (Å²) in [5, 5.41) is 44.7. The van der Waals surface area contributed by atoms with Crippen molar-refractivity contribution in [2.75, 3.05) is 27.5 Å². The molecule has 686 valence electrons. The summed E-state index contributed by atoms with van der Waals surface area (Å²) in [6, 6.07) is 72.1. The minimum atomic E-state index is -3.71. The van der Waals surface area contributed by atoms with Gasteiger partial charge < -0.3 is 43.3 Å². The Morgan fingerprint density at radius 2 is 0.757 bits per heavy atom. The van der Waals surface area contributed by atoms with E-state index in [4.69, 9.17) is 67.1 Å². The largest absolute Gasteiger partial charge is 0.497 e. The van der Waals surface area contributed by atoms with Crippen molar-refractivity contribution in [1.82, 2.24) is 100 Å². The maximum absolute atomic E-state index is 12.5. The van der Waals surface area contributed by atoms with Gasteiger partial charge in [-0.2, -0.15) is 15.7 Å². The van der Waals surface area contributed by atoms with Crippen LogP contribution in [0.2, 0.25) is 10.0 Å². The van der Waals surface area contributed by atoms with Gasteiger partial charge in [0.25, 0.3) is 17.7 Å². The summed E-state index contributed by atoms with van der Waals surface area (Å²) >= 11 is 12.2. The molecule has 0 aliphatic heterocycles. The number of carbonyl (C=O) groups excluding carboxylic acids is 3. The number of aromatic amines is 2. The standard InChI is InChI=1S/C35H31N9O2.C34H31ClN8O2.C34H33ClN4O5S/c1-37-35(45)25-13-16-30(23-9-7-22(19-36)8-10-23)27(17-25)21-46-29-14-11-24(12-15-29)33-39-31-18-26(32-40-42-43-41-32)20-38-34(31)44(33)28-5-3-2-4-6-28;1-36-34(44)23-11-16-29(21-7-12-26(35)13-8-21)25(17-23)20-45-28-14-9-22(10-15-28)32-38-30-18-24(31-39-41-42-40-31)19-37-33(30)43(32)27-5-3-2-4-6-27;1-43-29-16-17-30(22-8-12-26(35)13-9-22)25(18-29)21-44-28-14-10-23(11-15-28)32-37-31-19-24(34(40)38-45(2,41)42)20-36-33(31)39(32)27-6-4-3-5-7-27/h7-18,20,28H,2-6,21H2,1H3,(H,37,45)(H,40,41,42,43);7-19,27H,2-6,20H2,1H3,(H,36,44)(H,39,40,41,42);8-20,27H,3-7,21H2,1-2H3,(H,38,40). The van der Waals surface area contributed by atoms with Crippen LogP contribution in [0.5, 0.6) is 23.0 Å². The van der Waals surface area contributed by atoms with Gasteiger partial charge in [0, 0.05) is 105 Å². The molecule has 0 saturated heterocycles. The number of carbonyl (C=O) groups is 3. The molecule has 3 saturated carbocycles. The molecule has 0 radical (unpaired) electrons. The second kappa shape index (κ2) is 41.4. The van der Waals surface area contributed by atoms with Crippen LogP contribution in [0.25, 0.3) is 124 Å². The molecular weight excluding hydrogens is 1780 g/mol. The summed E-state index contributed by atoms with van der Waals surface area (Å²) in [7, 11) is 1.16. The van der Waals surface area contributed by atoms with E-state index in [-0.39, 0.29) is 36.6 Å². The van der Waals surface area contributed by atoms with Crippen LogP contribution in [-0.2, 0) is 29.8 Å². The number of aromatic nitrogens is 17. The predicted molar refractivity (Wildman–Crippen MR) is 521 cm³/mol. The molecule has 30 nitrogen and oxygen atoms in total. The SMILES string of the molecule is CNC(=O)c1ccc(-c2ccc(C#N)cc2)c(COc2ccc(-c3nc4cc(-c5nn[nH]n5)cnc4n3C3CCCCC3)cc2)c1.CNC(=O)c1ccc(-c2ccc(Cl)cc2)c(COc2ccc(-c3nc4cc(-c5nn[nH]n5)cnc4n3C3CCCCC3)cc2)c1.COc1ccc(-c2ccc(Cl)cc2)c(COc2ccc(-c3nc4cc(C(=O)NS(C)(=O)=O)cnc4n3C3CCCCC3)cc2)c1. The zero-order chi connectivity index (χ0) is 93.8. The fourth-order valence-electron chi connectivity index (χ4n) is 18.0. The van der Waals surface area contributed by atoms with E-state index in [0.29, 0.717) is 85.5 Å². The smallest absolute Gasteiger partial charge is 0.266 e. The van der Waals surface area contributed by atoms with Crippen molar-refractivity contribution in [2.24, 2.45) is 0 Å². The number of sulfonamides is 1. The van der Waals surface area contributed by atoms with E-state index in [1.807, 2.05) is 199 Å². The van der Waals surface area contributed by atoms with Crippen LogP contribution in [0.15, 0.2) is 237 Å². The summed E-state index contributed by atoms with van der Waals surface area (Å²) in [6.45, 7) is 0.867. The van der Waals surface area contributed by atoms with Gasteiger partial charge in [0.15, 0.2) is 16.9 Å². The lowest BCUT2D eigenvalue weighted by Gasteiger charge is -2.25. The molecule has 33 heteroatoms. The number of amides is 3. The van der Waals surface area contributed by atoms with Crippen molar-refractivity contribution in [3.63, 3.8) is 0 Å². The Labute approximate surface area is 793 Å². The first-order valence-electron chi connectivity index (χ1n) is 45.1. The van der Waals surface area contributed by atoms with Crippen molar-refractivity contribution < 1.29 is 41.7 Å². The number of nitrogens with one attached hydrogen (secondary N) is 5. The zero-order valence-electron chi connectivity index (χ0n) is 75.0. The second-order valence-corrected chi connectivity index (χ2v) is 36.4. The van der Waals surface area contributed by atoms with E-state index >= 15 is 0 Å². The fraction of sp³-hybridized carbons (Fsp3) is 0.243. The summed E-state index contributed by atoms with van der Waals surface area (Å²) in [6.07, 6.45) is 23.0. The Hall–Kier alpha value is -15.4. The number of H-pyrrole nitrogens is 2. The molecule has 20 rings (SSSR count). The van der Waals surface area contributed by atoms with Crippen molar-refractivity contribution in [3.8, 4) is 119 Å². The molecule has 0 spiro atoms.